The Bertz CT molecular complexity index is 948. The van der Waals surface area contributed by atoms with Crippen LogP contribution >= 0.6 is 0 Å². The third-order valence-electron chi connectivity index (χ3n) is 5.64. The minimum absolute atomic E-state index is 0.0696. The number of nitrogens with one attached hydrogen (secondary N) is 2. The SMILES string of the molecule is CC(C)c1ccc2c(c1)C1(Nc3ccccc3C(=O)N1C1CC1)C(=O)N2. The van der Waals surface area contributed by atoms with Crippen LogP contribution in [0.1, 0.15) is 54.1 Å². The van der Waals surface area contributed by atoms with E-state index in [9.17, 15) is 9.59 Å². The van der Waals surface area contributed by atoms with Crippen molar-refractivity contribution in [3.8, 4) is 0 Å². The molecule has 132 valence electrons. The van der Waals surface area contributed by atoms with Crippen molar-refractivity contribution in [2.75, 3.05) is 10.6 Å². The summed E-state index contributed by atoms with van der Waals surface area (Å²) in [5, 5.41) is 6.43. The fourth-order valence-corrected chi connectivity index (χ4v) is 4.12. The Morgan fingerprint density at radius 2 is 1.85 bits per heavy atom. The van der Waals surface area contributed by atoms with E-state index in [1.54, 1.807) is 4.90 Å². The molecule has 2 amide bonds. The number of hydrogen-bond acceptors (Lipinski definition) is 3. The number of carbonyl (C=O) groups is 2. The first-order valence-electron chi connectivity index (χ1n) is 9.19. The molecular weight excluding hydrogens is 326 g/mol. The number of para-hydroxylation sites is 1. The molecule has 2 aliphatic heterocycles. The zero-order valence-electron chi connectivity index (χ0n) is 14.9. The van der Waals surface area contributed by atoms with Crippen LogP contribution in [-0.4, -0.2) is 22.8 Å². The van der Waals surface area contributed by atoms with Gasteiger partial charge in [-0.1, -0.05) is 32.0 Å². The second-order valence-corrected chi connectivity index (χ2v) is 7.70. The number of fused-ring (bicyclic) bond motifs is 3. The highest BCUT2D eigenvalue weighted by Gasteiger charge is 2.59. The van der Waals surface area contributed by atoms with E-state index in [4.69, 9.17) is 0 Å². The van der Waals surface area contributed by atoms with E-state index in [-0.39, 0.29) is 17.9 Å². The summed E-state index contributed by atoms with van der Waals surface area (Å²) in [4.78, 5) is 28.3. The minimum atomic E-state index is -1.16. The van der Waals surface area contributed by atoms with Crippen molar-refractivity contribution in [2.24, 2.45) is 0 Å². The molecule has 0 bridgehead atoms. The molecule has 2 heterocycles. The monoisotopic (exact) mass is 347 g/mol. The molecule has 2 aromatic carbocycles. The molecule has 26 heavy (non-hydrogen) atoms. The highest BCUT2D eigenvalue weighted by atomic mass is 16.2. The first-order valence-corrected chi connectivity index (χ1v) is 9.19. The second kappa shape index (κ2) is 5.10. The molecule has 5 nitrogen and oxygen atoms in total. The quantitative estimate of drug-likeness (QED) is 0.872. The number of rotatable bonds is 2. The van der Waals surface area contributed by atoms with E-state index in [0.29, 0.717) is 17.2 Å². The van der Waals surface area contributed by atoms with Crippen LogP contribution in [-0.2, 0) is 10.5 Å². The molecule has 2 N–H and O–H groups in total. The number of benzene rings is 2. The number of nitrogens with zero attached hydrogens (tertiary/aromatic N) is 1. The summed E-state index contributed by atoms with van der Waals surface area (Å²) in [5.41, 5.74) is 2.97. The van der Waals surface area contributed by atoms with Gasteiger partial charge in [0.25, 0.3) is 11.8 Å². The van der Waals surface area contributed by atoms with Crippen LogP contribution in [0.5, 0.6) is 0 Å². The molecule has 5 rings (SSSR count). The molecule has 1 unspecified atom stereocenters. The summed E-state index contributed by atoms with van der Waals surface area (Å²) in [6, 6.07) is 13.6. The van der Waals surface area contributed by atoms with E-state index in [1.165, 1.54) is 0 Å². The van der Waals surface area contributed by atoms with Gasteiger partial charge in [-0.2, -0.15) is 0 Å². The fraction of sp³-hybridized carbons (Fsp3) is 0.333. The van der Waals surface area contributed by atoms with E-state index in [1.807, 2.05) is 36.4 Å². The van der Waals surface area contributed by atoms with E-state index < -0.39 is 5.66 Å². The van der Waals surface area contributed by atoms with Gasteiger partial charge in [-0.15, -0.1) is 0 Å². The average molecular weight is 347 g/mol. The van der Waals surface area contributed by atoms with Crippen LogP contribution in [0.2, 0.25) is 0 Å². The van der Waals surface area contributed by atoms with Gasteiger partial charge in [0.1, 0.15) is 0 Å². The van der Waals surface area contributed by atoms with Crippen molar-refractivity contribution in [3.05, 3.63) is 59.2 Å². The van der Waals surface area contributed by atoms with Gasteiger partial charge in [0.2, 0.25) is 5.66 Å². The highest BCUT2D eigenvalue weighted by Crippen LogP contribution is 2.50. The third-order valence-corrected chi connectivity index (χ3v) is 5.64. The molecule has 5 heteroatoms. The lowest BCUT2D eigenvalue weighted by Gasteiger charge is -2.45. The smallest absolute Gasteiger partial charge is 0.276 e. The number of amides is 2. The topological polar surface area (TPSA) is 61.4 Å². The summed E-state index contributed by atoms with van der Waals surface area (Å²) in [5.74, 6) is 0.0944. The molecular formula is C21H21N3O2. The van der Waals surface area contributed by atoms with Crippen LogP contribution in [0.15, 0.2) is 42.5 Å². The van der Waals surface area contributed by atoms with Crippen LogP contribution < -0.4 is 10.6 Å². The molecule has 1 atom stereocenters. The Labute approximate surface area is 152 Å². The highest BCUT2D eigenvalue weighted by molar-refractivity contribution is 6.14. The number of anilines is 2. The Morgan fingerprint density at radius 1 is 1.08 bits per heavy atom. The lowest BCUT2D eigenvalue weighted by Crippen LogP contribution is -2.62. The predicted octanol–water partition coefficient (Wildman–Crippen LogP) is 3.65. The maximum absolute atomic E-state index is 13.3. The largest absolute Gasteiger partial charge is 0.350 e. The second-order valence-electron chi connectivity index (χ2n) is 7.70. The number of carbonyl (C=O) groups excluding carboxylic acids is 2. The van der Waals surface area contributed by atoms with Crippen molar-refractivity contribution < 1.29 is 9.59 Å². The normalized spacial score (nSPS) is 23.7. The Kier molecular flexibility index (Phi) is 3.03. The van der Waals surface area contributed by atoms with Crippen molar-refractivity contribution in [2.45, 2.75) is 44.3 Å². The van der Waals surface area contributed by atoms with Gasteiger partial charge in [-0.25, -0.2) is 0 Å². The standard InChI is InChI=1S/C21H21N3O2/c1-12(2)13-7-10-18-16(11-13)21(20(26)22-18)23-17-6-4-3-5-15(17)19(25)24(21)14-8-9-14/h3-7,10-12,14,23H,8-9H2,1-2H3,(H,22,26). The summed E-state index contributed by atoms with van der Waals surface area (Å²) in [6.45, 7) is 4.26. The molecule has 1 fully saturated rings. The van der Waals surface area contributed by atoms with Crippen LogP contribution in [0, 0.1) is 0 Å². The van der Waals surface area contributed by atoms with Gasteiger partial charge in [0.15, 0.2) is 0 Å². The lowest BCUT2D eigenvalue weighted by atomic mass is 9.90. The minimum Gasteiger partial charge on any atom is -0.350 e. The fourth-order valence-electron chi connectivity index (χ4n) is 4.12. The molecule has 1 saturated carbocycles. The van der Waals surface area contributed by atoms with Gasteiger partial charge < -0.3 is 15.5 Å². The van der Waals surface area contributed by atoms with Crippen molar-refractivity contribution in [1.82, 2.24) is 4.90 Å². The zero-order chi connectivity index (χ0) is 18.1. The summed E-state index contributed by atoms with van der Waals surface area (Å²) >= 11 is 0. The maximum atomic E-state index is 13.3. The predicted molar refractivity (Wildman–Crippen MR) is 100 cm³/mol. The van der Waals surface area contributed by atoms with Crippen LogP contribution in [0.4, 0.5) is 11.4 Å². The summed E-state index contributed by atoms with van der Waals surface area (Å²) in [7, 11) is 0. The van der Waals surface area contributed by atoms with Gasteiger partial charge >= 0.3 is 0 Å². The average Bonchev–Trinajstić information content (AvgIpc) is 3.42. The van der Waals surface area contributed by atoms with Crippen LogP contribution in [0.25, 0.3) is 0 Å². The number of hydrogen-bond donors (Lipinski definition) is 2. The van der Waals surface area contributed by atoms with Gasteiger partial charge in [-0.05, 0) is 48.6 Å². The van der Waals surface area contributed by atoms with Gasteiger partial charge in [0.05, 0.1) is 5.56 Å². The third kappa shape index (κ3) is 1.91. The van der Waals surface area contributed by atoms with E-state index in [0.717, 1.165) is 29.7 Å². The summed E-state index contributed by atoms with van der Waals surface area (Å²) in [6.07, 6.45) is 1.87. The first-order chi connectivity index (χ1) is 12.5. The molecule has 1 spiro atoms. The first kappa shape index (κ1) is 15.4. The molecule has 0 aromatic heterocycles. The Morgan fingerprint density at radius 3 is 2.58 bits per heavy atom. The maximum Gasteiger partial charge on any atom is 0.276 e. The lowest BCUT2D eigenvalue weighted by molar-refractivity contribution is -0.125. The Balaban J connectivity index is 1.76. The molecule has 0 radical (unpaired) electrons. The van der Waals surface area contributed by atoms with Gasteiger partial charge in [0, 0.05) is 23.0 Å². The molecule has 0 saturated heterocycles. The van der Waals surface area contributed by atoms with Crippen molar-refractivity contribution in [3.63, 3.8) is 0 Å². The zero-order valence-corrected chi connectivity index (χ0v) is 14.9. The van der Waals surface area contributed by atoms with E-state index in [2.05, 4.69) is 30.5 Å². The molecule has 2 aromatic rings. The molecule has 1 aliphatic carbocycles. The molecule has 3 aliphatic rings. The summed E-state index contributed by atoms with van der Waals surface area (Å²) < 4.78 is 0. The van der Waals surface area contributed by atoms with Crippen molar-refractivity contribution in [1.29, 1.82) is 0 Å². The van der Waals surface area contributed by atoms with Crippen molar-refractivity contribution >= 4 is 23.2 Å². The van der Waals surface area contributed by atoms with E-state index >= 15 is 0 Å². The van der Waals surface area contributed by atoms with Gasteiger partial charge in [-0.3, -0.25) is 9.59 Å². The van der Waals surface area contributed by atoms with Crippen LogP contribution in [0.3, 0.4) is 0 Å². The Hall–Kier alpha value is -2.82.